The maximum Gasteiger partial charge on any atom is 0.226 e. The van der Waals surface area contributed by atoms with Crippen molar-refractivity contribution in [3.63, 3.8) is 0 Å². The normalized spacial score (nSPS) is 26.2. The fourth-order valence-corrected chi connectivity index (χ4v) is 3.95. The molecule has 0 spiro atoms. The summed E-state index contributed by atoms with van der Waals surface area (Å²) in [5.41, 5.74) is 1.67. The Bertz CT molecular complexity index is 899. The zero-order chi connectivity index (χ0) is 17.6. The third-order valence-electron chi connectivity index (χ3n) is 5.02. The summed E-state index contributed by atoms with van der Waals surface area (Å²) >= 11 is 6.04. The van der Waals surface area contributed by atoms with Crippen LogP contribution in [-0.2, 0) is 0 Å². The standard InChI is InChI=1S/C18H19ClN4O2/c1-20-16-11-7-8-23(17(11)22-18(19)21-16)13-9-12(14(24)15(13)25)10-5-3-2-4-6-10/h2-8,12-15,24-25H,9H2,1H3,(H,20,21,22). The van der Waals surface area contributed by atoms with Gasteiger partial charge in [0.1, 0.15) is 17.6 Å². The maximum absolute atomic E-state index is 10.7. The van der Waals surface area contributed by atoms with Gasteiger partial charge >= 0.3 is 0 Å². The largest absolute Gasteiger partial charge is 0.390 e. The number of anilines is 1. The van der Waals surface area contributed by atoms with Gasteiger partial charge in [-0.3, -0.25) is 0 Å². The molecule has 3 aromatic rings. The zero-order valence-corrected chi connectivity index (χ0v) is 14.4. The Morgan fingerprint density at radius 3 is 2.60 bits per heavy atom. The number of aromatic nitrogens is 3. The summed E-state index contributed by atoms with van der Waals surface area (Å²) in [6, 6.07) is 11.4. The number of aliphatic hydroxyl groups excluding tert-OH is 2. The first kappa shape index (κ1) is 16.3. The molecule has 4 unspecified atom stereocenters. The number of aliphatic hydroxyl groups is 2. The van der Waals surface area contributed by atoms with Gasteiger partial charge in [0.25, 0.3) is 0 Å². The van der Waals surface area contributed by atoms with E-state index in [4.69, 9.17) is 11.6 Å². The quantitative estimate of drug-likeness (QED) is 0.627. The topological polar surface area (TPSA) is 83.2 Å². The number of rotatable bonds is 3. The van der Waals surface area contributed by atoms with Crippen LogP contribution in [-0.4, -0.2) is 44.0 Å². The van der Waals surface area contributed by atoms with Crippen molar-refractivity contribution in [2.45, 2.75) is 30.6 Å². The lowest BCUT2D eigenvalue weighted by Gasteiger charge is -2.19. The molecule has 25 heavy (non-hydrogen) atoms. The van der Waals surface area contributed by atoms with E-state index < -0.39 is 12.2 Å². The highest BCUT2D eigenvalue weighted by molar-refractivity contribution is 6.28. The Hall–Kier alpha value is -2.15. The lowest BCUT2D eigenvalue weighted by Crippen LogP contribution is -2.28. The molecule has 0 radical (unpaired) electrons. The Labute approximate surface area is 150 Å². The first-order valence-corrected chi connectivity index (χ1v) is 8.61. The van der Waals surface area contributed by atoms with Crippen molar-refractivity contribution in [1.29, 1.82) is 0 Å². The van der Waals surface area contributed by atoms with Crippen molar-refractivity contribution in [1.82, 2.24) is 14.5 Å². The molecule has 1 aliphatic carbocycles. The van der Waals surface area contributed by atoms with E-state index in [1.807, 2.05) is 47.2 Å². The minimum absolute atomic E-state index is 0.125. The number of nitrogens with zero attached hydrogens (tertiary/aromatic N) is 3. The van der Waals surface area contributed by atoms with Crippen LogP contribution in [0.1, 0.15) is 23.9 Å². The molecule has 1 aromatic carbocycles. The minimum atomic E-state index is -0.882. The van der Waals surface area contributed by atoms with Gasteiger partial charge in [-0.1, -0.05) is 30.3 Å². The van der Waals surface area contributed by atoms with Crippen molar-refractivity contribution in [2.24, 2.45) is 0 Å². The van der Waals surface area contributed by atoms with E-state index in [1.165, 1.54) is 0 Å². The molecular formula is C18H19ClN4O2. The molecule has 0 saturated heterocycles. The van der Waals surface area contributed by atoms with Gasteiger partial charge in [0.05, 0.1) is 17.5 Å². The molecular weight excluding hydrogens is 340 g/mol. The predicted molar refractivity (Wildman–Crippen MR) is 96.9 cm³/mol. The average Bonchev–Trinajstić information content (AvgIpc) is 3.17. The highest BCUT2D eigenvalue weighted by atomic mass is 35.5. The Kier molecular flexibility index (Phi) is 4.11. The Morgan fingerprint density at radius 2 is 1.88 bits per heavy atom. The summed E-state index contributed by atoms with van der Waals surface area (Å²) < 4.78 is 1.89. The van der Waals surface area contributed by atoms with Crippen molar-refractivity contribution < 1.29 is 10.2 Å². The van der Waals surface area contributed by atoms with Gasteiger partial charge in [-0.2, -0.15) is 4.98 Å². The number of hydrogen-bond acceptors (Lipinski definition) is 5. The number of hydrogen-bond donors (Lipinski definition) is 3. The minimum Gasteiger partial charge on any atom is -0.390 e. The van der Waals surface area contributed by atoms with Gasteiger partial charge in [0.15, 0.2) is 0 Å². The molecule has 7 heteroatoms. The van der Waals surface area contributed by atoms with Gasteiger partial charge in [-0.15, -0.1) is 0 Å². The first-order chi connectivity index (χ1) is 12.1. The van der Waals surface area contributed by atoms with Crippen LogP contribution >= 0.6 is 11.6 Å². The summed E-state index contributed by atoms with van der Waals surface area (Å²) in [5.74, 6) is 0.515. The Balaban J connectivity index is 1.75. The number of halogens is 1. The summed E-state index contributed by atoms with van der Waals surface area (Å²) in [6.07, 6.45) is 0.774. The first-order valence-electron chi connectivity index (χ1n) is 8.23. The lowest BCUT2D eigenvalue weighted by molar-refractivity contribution is 0.0179. The molecule has 3 N–H and O–H groups in total. The van der Waals surface area contributed by atoms with E-state index in [0.717, 1.165) is 10.9 Å². The van der Waals surface area contributed by atoms with E-state index in [0.29, 0.717) is 17.9 Å². The maximum atomic E-state index is 10.7. The molecule has 1 fully saturated rings. The van der Waals surface area contributed by atoms with E-state index in [2.05, 4.69) is 15.3 Å². The Morgan fingerprint density at radius 1 is 1.12 bits per heavy atom. The second-order valence-electron chi connectivity index (χ2n) is 6.35. The average molecular weight is 359 g/mol. The molecule has 4 rings (SSSR count). The highest BCUT2D eigenvalue weighted by Gasteiger charge is 2.43. The van der Waals surface area contributed by atoms with Gasteiger partial charge in [0, 0.05) is 19.2 Å². The van der Waals surface area contributed by atoms with E-state index in [-0.39, 0.29) is 17.2 Å². The molecule has 4 atom stereocenters. The molecule has 130 valence electrons. The van der Waals surface area contributed by atoms with Crippen LogP contribution in [0, 0.1) is 0 Å². The fraction of sp³-hybridized carbons (Fsp3) is 0.333. The highest BCUT2D eigenvalue weighted by Crippen LogP contribution is 2.43. The van der Waals surface area contributed by atoms with Crippen molar-refractivity contribution in [2.75, 3.05) is 12.4 Å². The lowest BCUT2D eigenvalue weighted by atomic mass is 9.95. The van der Waals surface area contributed by atoms with Crippen molar-refractivity contribution in [3.05, 3.63) is 53.4 Å². The molecule has 0 amide bonds. The van der Waals surface area contributed by atoms with Gasteiger partial charge in [-0.05, 0) is 29.7 Å². The fourth-order valence-electron chi connectivity index (χ4n) is 3.78. The monoisotopic (exact) mass is 358 g/mol. The second-order valence-corrected chi connectivity index (χ2v) is 6.69. The van der Waals surface area contributed by atoms with E-state index >= 15 is 0 Å². The van der Waals surface area contributed by atoms with Crippen LogP contribution in [0.3, 0.4) is 0 Å². The summed E-state index contributed by atoms with van der Waals surface area (Å²) in [4.78, 5) is 8.50. The zero-order valence-electron chi connectivity index (χ0n) is 13.7. The van der Waals surface area contributed by atoms with Crippen LogP contribution in [0.4, 0.5) is 5.82 Å². The van der Waals surface area contributed by atoms with E-state index in [9.17, 15) is 10.2 Å². The number of fused-ring (bicyclic) bond motifs is 1. The molecule has 0 bridgehead atoms. The van der Waals surface area contributed by atoms with Crippen LogP contribution in [0.2, 0.25) is 5.28 Å². The molecule has 0 aliphatic heterocycles. The van der Waals surface area contributed by atoms with Crippen molar-refractivity contribution in [3.8, 4) is 0 Å². The molecule has 2 aromatic heterocycles. The second kappa shape index (κ2) is 6.29. The summed E-state index contributed by atoms with van der Waals surface area (Å²) in [7, 11) is 1.77. The van der Waals surface area contributed by atoms with Gasteiger partial charge in [-0.25, -0.2) is 4.98 Å². The van der Waals surface area contributed by atoms with Crippen LogP contribution in [0.5, 0.6) is 0 Å². The summed E-state index contributed by atoms with van der Waals surface area (Å²) in [6.45, 7) is 0. The molecule has 2 heterocycles. The van der Waals surface area contributed by atoms with Crippen molar-refractivity contribution >= 4 is 28.5 Å². The van der Waals surface area contributed by atoms with Gasteiger partial charge < -0.3 is 20.1 Å². The third kappa shape index (κ3) is 2.66. The predicted octanol–water partition coefficient (Wildman–Crippen LogP) is 2.58. The van der Waals surface area contributed by atoms with Gasteiger partial charge in [0.2, 0.25) is 5.28 Å². The molecule has 6 nitrogen and oxygen atoms in total. The van der Waals surface area contributed by atoms with Crippen LogP contribution < -0.4 is 5.32 Å². The SMILES string of the molecule is CNc1nc(Cl)nc2c1ccn2C1CC(c2ccccc2)C(O)C1O. The molecule has 1 aliphatic rings. The smallest absolute Gasteiger partial charge is 0.226 e. The van der Waals surface area contributed by atoms with Crippen LogP contribution in [0.15, 0.2) is 42.6 Å². The number of nitrogens with one attached hydrogen (secondary N) is 1. The third-order valence-corrected chi connectivity index (χ3v) is 5.19. The van der Waals surface area contributed by atoms with Crippen LogP contribution in [0.25, 0.3) is 11.0 Å². The number of benzene rings is 1. The summed E-state index contributed by atoms with van der Waals surface area (Å²) in [5, 5.41) is 25.2. The van der Waals surface area contributed by atoms with E-state index in [1.54, 1.807) is 7.05 Å². The molecule has 1 saturated carbocycles.